The molecular weight excluding hydrogens is 300 g/mol. The van der Waals surface area contributed by atoms with Gasteiger partial charge in [0.05, 0.1) is 10.2 Å². The van der Waals surface area contributed by atoms with Gasteiger partial charge in [-0.05, 0) is 34.5 Å². The van der Waals surface area contributed by atoms with E-state index in [4.69, 9.17) is 0 Å². The van der Waals surface area contributed by atoms with Gasteiger partial charge in [0, 0.05) is 12.6 Å². The van der Waals surface area contributed by atoms with Gasteiger partial charge in [0.15, 0.2) is 0 Å². The predicted octanol–water partition coefficient (Wildman–Crippen LogP) is 4.65. The molecule has 0 aromatic heterocycles. The van der Waals surface area contributed by atoms with Crippen LogP contribution in [0.5, 0.6) is 0 Å². The Morgan fingerprint density at radius 1 is 1.11 bits per heavy atom. The molecule has 1 nitrogen and oxygen atoms in total. The van der Waals surface area contributed by atoms with E-state index in [9.17, 15) is 8.78 Å². The van der Waals surface area contributed by atoms with Crippen LogP contribution in [0.25, 0.3) is 0 Å². The zero-order valence-electron chi connectivity index (χ0n) is 9.81. The summed E-state index contributed by atoms with van der Waals surface area (Å²) < 4.78 is 27.0. The van der Waals surface area contributed by atoms with Crippen LogP contribution in [0.15, 0.2) is 40.9 Å². The Kier molecular flexibility index (Phi) is 3.97. The summed E-state index contributed by atoms with van der Waals surface area (Å²) in [4.78, 5) is 0. The molecule has 2 aromatic rings. The second-order valence-corrected chi connectivity index (χ2v) is 4.94. The summed E-state index contributed by atoms with van der Waals surface area (Å²) in [6.07, 6.45) is 0. The summed E-state index contributed by atoms with van der Waals surface area (Å²) >= 11 is 2.94. The number of hydrogen-bond acceptors (Lipinski definition) is 1. The SMILES string of the molecule is Cc1cccc(CNc2cc(F)c(Br)cc2F)c1. The minimum absolute atomic E-state index is 0.126. The molecule has 18 heavy (non-hydrogen) atoms. The lowest BCUT2D eigenvalue weighted by molar-refractivity contribution is 0.596. The van der Waals surface area contributed by atoms with Gasteiger partial charge in [0.2, 0.25) is 0 Å². The molecule has 0 atom stereocenters. The third-order valence-electron chi connectivity index (χ3n) is 2.58. The van der Waals surface area contributed by atoms with Crippen molar-refractivity contribution in [2.24, 2.45) is 0 Å². The fourth-order valence-corrected chi connectivity index (χ4v) is 1.99. The molecule has 0 heterocycles. The van der Waals surface area contributed by atoms with E-state index in [-0.39, 0.29) is 10.2 Å². The number of rotatable bonds is 3. The number of benzene rings is 2. The van der Waals surface area contributed by atoms with Crippen LogP contribution in [-0.2, 0) is 6.54 Å². The average Bonchev–Trinajstić information content (AvgIpc) is 2.32. The number of nitrogens with one attached hydrogen (secondary N) is 1. The summed E-state index contributed by atoms with van der Waals surface area (Å²) in [6.45, 7) is 2.45. The first kappa shape index (κ1) is 13.0. The van der Waals surface area contributed by atoms with Crippen molar-refractivity contribution >= 4 is 21.6 Å². The molecule has 0 aliphatic carbocycles. The highest BCUT2D eigenvalue weighted by Crippen LogP contribution is 2.23. The first-order valence-electron chi connectivity index (χ1n) is 5.50. The van der Waals surface area contributed by atoms with E-state index in [2.05, 4.69) is 21.2 Å². The minimum atomic E-state index is -0.483. The molecular formula is C14H12BrF2N. The molecule has 1 N–H and O–H groups in total. The second kappa shape index (κ2) is 5.48. The molecule has 0 radical (unpaired) electrons. The van der Waals surface area contributed by atoms with Crippen molar-refractivity contribution in [1.29, 1.82) is 0 Å². The Morgan fingerprint density at radius 3 is 2.61 bits per heavy atom. The molecule has 2 aromatic carbocycles. The lowest BCUT2D eigenvalue weighted by atomic mass is 10.1. The lowest BCUT2D eigenvalue weighted by Crippen LogP contribution is -2.02. The van der Waals surface area contributed by atoms with Crippen molar-refractivity contribution < 1.29 is 8.78 Å². The highest BCUT2D eigenvalue weighted by Gasteiger charge is 2.07. The Labute approximate surface area is 113 Å². The third-order valence-corrected chi connectivity index (χ3v) is 3.18. The number of aryl methyl sites for hydroxylation is 1. The van der Waals surface area contributed by atoms with E-state index >= 15 is 0 Å². The standard InChI is InChI=1S/C14H12BrF2N/c1-9-3-2-4-10(5-9)8-18-14-7-12(16)11(15)6-13(14)17/h2-7,18H,8H2,1H3. The van der Waals surface area contributed by atoms with Gasteiger partial charge in [-0.15, -0.1) is 0 Å². The molecule has 0 aliphatic heterocycles. The van der Waals surface area contributed by atoms with Gasteiger partial charge >= 0.3 is 0 Å². The van der Waals surface area contributed by atoms with E-state index < -0.39 is 11.6 Å². The third kappa shape index (κ3) is 3.07. The van der Waals surface area contributed by atoms with Gasteiger partial charge in [0.25, 0.3) is 0 Å². The first-order valence-corrected chi connectivity index (χ1v) is 6.29. The van der Waals surface area contributed by atoms with E-state index in [1.54, 1.807) is 0 Å². The zero-order chi connectivity index (χ0) is 13.1. The highest BCUT2D eigenvalue weighted by atomic mass is 79.9. The largest absolute Gasteiger partial charge is 0.379 e. The quantitative estimate of drug-likeness (QED) is 0.814. The average molecular weight is 312 g/mol. The van der Waals surface area contributed by atoms with Crippen LogP contribution in [0.1, 0.15) is 11.1 Å². The van der Waals surface area contributed by atoms with Gasteiger partial charge < -0.3 is 5.32 Å². The molecule has 0 aliphatic rings. The van der Waals surface area contributed by atoms with Crippen LogP contribution in [0.3, 0.4) is 0 Å². The molecule has 2 rings (SSSR count). The molecule has 0 bridgehead atoms. The van der Waals surface area contributed by atoms with Crippen molar-refractivity contribution in [2.75, 3.05) is 5.32 Å². The van der Waals surface area contributed by atoms with E-state index in [0.717, 1.165) is 23.3 Å². The van der Waals surface area contributed by atoms with Crippen molar-refractivity contribution in [3.8, 4) is 0 Å². The fourth-order valence-electron chi connectivity index (χ4n) is 1.68. The number of anilines is 1. The Hall–Kier alpha value is -1.42. The maximum absolute atomic E-state index is 13.6. The van der Waals surface area contributed by atoms with E-state index in [1.807, 2.05) is 31.2 Å². The molecule has 0 fully saturated rings. The topological polar surface area (TPSA) is 12.0 Å². The van der Waals surface area contributed by atoms with Gasteiger partial charge in [-0.25, -0.2) is 8.78 Å². The van der Waals surface area contributed by atoms with Gasteiger partial charge in [-0.3, -0.25) is 0 Å². The molecule has 0 spiro atoms. The van der Waals surface area contributed by atoms with E-state index in [0.29, 0.717) is 6.54 Å². The summed E-state index contributed by atoms with van der Waals surface area (Å²) in [6, 6.07) is 10.1. The summed E-state index contributed by atoms with van der Waals surface area (Å²) in [5, 5.41) is 2.89. The van der Waals surface area contributed by atoms with Crippen molar-refractivity contribution in [1.82, 2.24) is 0 Å². The molecule has 94 valence electrons. The highest BCUT2D eigenvalue weighted by molar-refractivity contribution is 9.10. The smallest absolute Gasteiger partial charge is 0.147 e. The predicted molar refractivity (Wildman–Crippen MR) is 72.6 cm³/mol. The van der Waals surface area contributed by atoms with Crippen LogP contribution < -0.4 is 5.32 Å². The Morgan fingerprint density at radius 2 is 1.89 bits per heavy atom. The van der Waals surface area contributed by atoms with Crippen molar-refractivity contribution in [2.45, 2.75) is 13.5 Å². The van der Waals surface area contributed by atoms with Crippen LogP contribution in [-0.4, -0.2) is 0 Å². The monoisotopic (exact) mass is 311 g/mol. The van der Waals surface area contributed by atoms with E-state index in [1.165, 1.54) is 0 Å². The fraction of sp³-hybridized carbons (Fsp3) is 0.143. The van der Waals surface area contributed by atoms with Crippen molar-refractivity contribution in [3.05, 3.63) is 63.6 Å². The van der Waals surface area contributed by atoms with Crippen LogP contribution >= 0.6 is 15.9 Å². The molecule has 0 unspecified atom stereocenters. The van der Waals surface area contributed by atoms with Gasteiger partial charge in [-0.2, -0.15) is 0 Å². The number of halogens is 3. The van der Waals surface area contributed by atoms with Crippen LogP contribution in [0, 0.1) is 18.6 Å². The molecule has 4 heteroatoms. The van der Waals surface area contributed by atoms with Crippen LogP contribution in [0.4, 0.5) is 14.5 Å². The Bertz CT molecular complexity index is 570. The maximum atomic E-state index is 13.6. The second-order valence-electron chi connectivity index (χ2n) is 4.09. The van der Waals surface area contributed by atoms with Crippen LogP contribution in [0.2, 0.25) is 0 Å². The molecule has 0 saturated carbocycles. The van der Waals surface area contributed by atoms with Gasteiger partial charge in [0.1, 0.15) is 11.6 Å². The Balaban J connectivity index is 2.13. The summed E-state index contributed by atoms with van der Waals surface area (Å²) in [5.74, 6) is -0.959. The van der Waals surface area contributed by atoms with Crippen molar-refractivity contribution in [3.63, 3.8) is 0 Å². The summed E-state index contributed by atoms with van der Waals surface area (Å²) in [7, 11) is 0. The minimum Gasteiger partial charge on any atom is -0.379 e. The maximum Gasteiger partial charge on any atom is 0.147 e. The van der Waals surface area contributed by atoms with Gasteiger partial charge in [-0.1, -0.05) is 29.8 Å². The first-order chi connectivity index (χ1) is 8.56. The zero-order valence-corrected chi connectivity index (χ0v) is 11.4. The molecule has 0 saturated heterocycles. The molecule has 0 amide bonds. The summed E-state index contributed by atoms with van der Waals surface area (Å²) in [5.41, 5.74) is 2.33. The normalized spacial score (nSPS) is 10.4. The number of hydrogen-bond donors (Lipinski definition) is 1. The lowest BCUT2D eigenvalue weighted by Gasteiger charge is -2.09.